The fourth-order valence-corrected chi connectivity index (χ4v) is 0.537. The van der Waals surface area contributed by atoms with E-state index in [-0.39, 0.29) is 6.61 Å². The molecule has 1 N–H and O–H groups in total. The molecule has 0 bridgehead atoms. The summed E-state index contributed by atoms with van der Waals surface area (Å²) in [4.78, 5) is 0. The number of hydrogen-bond donors (Lipinski definition) is 1. The van der Waals surface area contributed by atoms with Gasteiger partial charge in [-0.05, 0) is 26.2 Å². The third-order valence-corrected chi connectivity index (χ3v) is 1.01. The SMILES string of the molecule is CC(F)CCCCO. The monoisotopic (exact) mass is 120 g/mol. The van der Waals surface area contributed by atoms with E-state index in [0.717, 1.165) is 12.8 Å². The van der Waals surface area contributed by atoms with Crippen LogP contribution in [0.1, 0.15) is 26.2 Å². The molecule has 2 heteroatoms. The maximum Gasteiger partial charge on any atom is 0.0973 e. The number of aliphatic hydroxyl groups excluding tert-OH is 1. The molecule has 0 radical (unpaired) electrons. The number of unbranched alkanes of at least 4 members (excludes halogenated alkanes) is 1. The maximum absolute atomic E-state index is 11.9. The minimum Gasteiger partial charge on any atom is -0.396 e. The van der Waals surface area contributed by atoms with E-state index in [2.05, 4.69) is 0 Å². The van der Waals surface area contributed by atoms with Crippen molar-refractivity contribution >= 4 is 0 Å². The number of halogens is 1. The van der Waals surface area contributed by atoms with Crippen LogP contribution in [0.25, 0.3) is 0 Å². The molecular formula is C6H13FO. The van der Waals surface area contributed by atoms with Gasteiger partial charge in [-0.15, -0.1) is 0 Å². The minimum atomic E-state index is -0.707. The smallest absolute Gasteiger partial charge is 0.0973 e. The molecular weight excluding hydrogens is 107 g/mol. The summed E-state index contributed by atoms with van der Waals surface area (Å²) in [5.41, 5.74) is 0. The van der Waals surface area contributed by atoms with Crippen LogP contribution >= 0.6 is 0 Å². The summed E-state index contributed by atoms with van der Waals surface area (Å²) in [5.74, 6) is 0. The summed E-state index contributed by atoms with van der Waals surface area (Å²) in [6.45, 7) is 1.73. The summed E-state index contributed by atoms with van der Waals surface area (Å²) in [5, 5.41) is 8.26. The van der Waals surface area contributed by atoms with E-state index in [1.54, 1.807) is 0 Å². The first-order valence-corrected chi connectivity index (χ1v) is 3.02. The van der Waals surface area contributed by atoms with Gasteiger partial charge in [0.2, 0.25) is 0 Å². The number of alkyl halides is 1. The summed E-state index contributed by atoms with van der Waals surface area (Å²) in [6, 6.07) is 0. The highest BCUT2D eigenvalue weighted by Crippen LogP contribution is 2.01. The van der Waals surface area contributed by atoms with Crippen molar-refractivity contribution in [1.82, 2.24) is 0 Å². The molecule has 0 rings (SSSR count). The van der Waals surface area contributed by atoms with E-state index in [0.29, 0.717) is 6.42 Å². The van der Waals surface area contributed by atoms with Gasteiger partial charge in [-0.1, -0.05) is 0 Å². The third kappa shape index (κ3) is 5.89. The minimum absolute atomic E-state index is 0.187. The lowest BCUT2D eigenvalue weighted by atomic mass is 10.2. The average molecular weight is 120 g/mol. The van der Waals surface area contributed by atoms with E-state index in [1.807, 2.05) is 0 Å². The molecule has 0 aliphatic heterocycles. The van der Waals surface area contributed by atoms with Crippen molar-refractivity contribution < 1.29 is 9.50 Å². The van der Waals surface area contributed by atoms with Gasteiger partial charge in [0.05, 0.1) is 6.17 Å². The average Bonchev–Trinajstić information content (AvgIpc) is 1.66. The first-order valence-electron chi connectivity index (χ1n) is 3.02. The second-order valence-electron chi connectivity index (χ2n) is 2.00. The molecule has 8 heavy (non-hydrogen) atoms. The number of rotatable bonds is 4. The zero-order valence-corrected chi connectivity index (χ0v) is 5.23. The van der Waals surface area contributed by atoms with Gasteiger partial charge < -0.3 is 5.11 Å². The second-order valence-corrected chi connectivity index (χ2v) is 2.00. The van der Waals surface area contributed by atoms with E-state index in [4.69, 9.17) is 5.11 Å². The lowest BCUT2D eigenvalue weighted by Crippen LogP contribution is -1.92. The van der Waals surface area contributed by atoms with Crippen molar-refractivity contribution in [3.63, 3.8) is 0 Å². The van der Waals surface area contributed by atoms with Crippen molar-refractivity contribution in [3.05, 3.63) is 0 Å². The Morgan fingerprint density at radius 1 is 1.50 bits per heavy atom. The van der Waals surface area contributed by atoms with Gasteiger partial charge in [-0.2, -0.15) is 0 Å². The molecule has 0 aliphatic rings. The van der Waals surface area contributed by atoms with Crippen LogP contribution in [0.5, 0.6) is 0 Å². The van der Waals surface area contributed by atoms with Crippen LogP contribution in [0.2, 0.25) is 0 Å². The molecule has 0 amide bonds. The Hall–Kier alpha value is -0.110. The molecule has 0 spiro atoms. The normalized spacial score (nSPS) is 13.9. The van der Waals surface area contributed by atoms with Crippen molar-refractivity contribution in [3.8, 4) is 0 Å². The Morgan fingerprint density at radius 3 is 2.50 bits per heavy atom. The fraction of sp³-hybridized carbons (Fsp3) is 1.00. The van der Waals surface area contributed by atoms with Gasteiger partial charge >= 0.3 is 0 Å². The first kappa shape index (κ1) is 7.89. The van der Waals surface area contributed by atoms with Crippen LogP contribution in [-0.2, 0) is 0 Å². The maximum atomic E-state index is 11.9. The standard InChI is InChI=1S/C6H13FO/c1-6(7)4-2-3-5-8/h6,8H,2-5H2,1H3. The predicted octanol–water partition coefficient (Wildman–Crippen LogP) is 1.51. The largest absolute Gasteiger partial charge is 0.396 e. The Balaban J connectivity index is 2.72. The summed E-state index contributed by atoms with van der Waals surface area (Å²) < 4.78 is 11.9. The predicted molar refractivity (Wildman–Crippen MR) is 31.5 cm³/mol. The van der Waals surface area contributed by atoms with E-state index in [9.17, 15) is 4.39 Å². The summed E-state index contributed by atoms with van der Waals surface area (Å²) in [7, 11) is 0. The molecule has 0 aromatic heterocycles. The molecule has 1 atom stereocenters. The van der Waals surface area contributed by atoms with Gasteiger partial charge in [0, 0.05) is 6.61 Å². The van der Waals surface area contributed by atoms with Crippen molar-refractivity contribution in [2.75, 3.05) is 6.61 Å². The lowest BCUT2D eigenvalue weighted by Gasteiger charge is -1.97. The van der Waals surface area contributed by atoms with Crippen LogP contribution < -0.4 is 0 Å². The molecule has 0 aromatic carbocycles. The quantitative estimate of drug-likeness (QED) is 0.557. The van der Waals surface area contributed by atoms with Crippen LogP contribution in [-0.4, -0.2) is 17.9 Å². The third-order valence-electron chi connectivity index (χ3n) is 1.01. The first-order chi connectivity index (χ1) is 3.77. The molecule has 1 nitrogen and oxygen atoms in total. The molecule has 0 aliphatic carbocycles. The highest BCUT2D eigenvalue weighted by atomic mass is 19.1. The summed E-state index contributed by atoms with van der Waals surface area (Å²) in [6.07, 6.45) is 1.41. The van der Waals surface area contributed by atoms with Gasteiger partial charge in [0.1, 0.15) is 0 Å². The Morgan fingerprint density at radius 2 is 2.12 bits per heavy atom. The van der Waals surface area contributed by atoms with Crippen LogP contribution in [0.4, 0.5) is 4.39 Å². The summed E-state index contributed by atoms with van der Waals surface area (Å²) >= 11 is 0. The molecule has 0 fully saturated rings. The Kier molecular flexibility index (Phi) is 4.97. The molecule has 50 valence electrons. The zero-order valence-electron chi connectivity index (χ0n) is 5.23. The Bertz CT molecular complexity index is 45.8. The highest BCUT2D eigenvalue weighted by molar-refractivity contribution is 4.46. The number of hydrogen-bond acceptors (Lipinski definition) is 1. The van der Waals surface area contributed by atoms with Crippen molar-refractivity contribution in [2.45, 2.75) is 32.4 Å². The van der Waals surface area contributed by atoms with Crippen molar-refractivity contribution in [2.24, 2.45) is 0 Å². The molecule has 0 saturated carbocycles. The Labute approximate surface area is 49.5 Å². The second kappa shape index (κ2) is 5.04. The van der Waals surface area contributed by atoms with E-state index >= 15 is 0 Å². The molecule has 0 aromatic rings. The molecule has 0 heterocycles. The molecule has 1 unspecified atom stereocenters. The fourth-order valence-electron chi connectivity index (χ4n) is 0.537. The van der Waals surface area contributed by atoms with E-state index < -0.39 is 6.17 Å². The van der Waals surface area contributed by atoms with Gasteiger partial charge in [-0.3, -0.25) is 0 Å². The van der Waals surface area contributed by atoms with E-state index in [1.165, 1.54) is 6.92 Å². The van der Waals surface area contributed by atoms with Crippen molar-refractivity contribution in [1.29, 1.82) is 0 Å². The van der Waals surface area contributed by atoms with Gasteiger partial charge in [0.25, 0.3) is 0 Å². The highest BCUT2D eigenvalue weighted by Gasteiger charge is 1.94. The topological polar surface area (TPSA) is 20.2 Å². The lowest BCUT2D eigenvalue weighted by molar-refractivity contribution is 0.267. The van der Waals surface area contributed by atoms with Gasteiger partial charge in [-0.25, -0.2) is 4.39 Å². The van der Waals surface area contributed by atoms with Gasteiger partial charge in [0.15, 0.2) is 0 Å². The number of aliphatic hydroxyl groups is 1. The zero-order chi connectivity index (χ0) is 6.41. The van der Waals surface area contributed by atoms with Crippen LogP contribution in [0, 0.1) is 0 Å². The van der Waals surface area contributed by atoms with Crippen LogP contribution in [0.3, 0.4) is 0 Å². The molecule has 0 saturated heterocycles. The van der Waals surface area contributed by atoms with Crippen LogP contribution in [0.15, 0.2) is 0 Å².